The molecule has 3 aromatic heterocycles. The van der Waals surface area contributed by atoms with Gasteiger partial charge < -0.3 is 24.6 Å². The van der Waals surface area contributed by atoms with Gasteiger partial charge in [-0.05, 0) is 32.9 Å². The number of morpholine rings is 1. The van der Waals surface area contributed by atoms with Gasteiger partial charge in [0.05, 0.1) is 30.3 Å². The maximum atomic E-state index is 12.4. The van der Waals surface area contributed by atoms with Crippen molar-refractivity contribution in [2.24, 2.45) is 7.05 Å². The number of amides is 1. The number of hydrogen-bond donors (Lipinski definition) is 1. The molecular weight excluding hydrogens is 498 g/mol. The van der Waals surface area contributed by atoms with Gasteiger partial charge in [-0.2, -0.15) is 9.97 Å². The van der Waals surface area contributed by atoms with Crippen LogP contribution in [-0.4, -0.2) is 91.1 Å². The molecule has 6 rings (SSSR count). The molecule has 12 nitrogen and oxygen atoms in total. The molecule has 0 aliphatic carbocycles. The van der Waals surface area contributed by atoms with Gasteiger partial charge in [0, 0.05) is 39.6 Å². The van der Waals surface area contributed by atoms with Crippen LogP contribution in [0.25, 0.3) is 28.1 Å². The summed E-state index contributed by atoms with van der Waals surface area (Å²) in [4.78, 5) is 36.2. The number of benzene rings is 1. The Morgan fingerprint density at radius 1 is 1.10 bits per heavy atom. The molecule has 12 heteroatoms. The lowest BCUT2D eigenvalue weighted by atomic mass is 10.1. The van der Waals surface area contributed by atoms with E-state index in [1.807, 2.05) is 61.2 Å². The number of para-hydroxylation sites is 2. The van der Waals surface area contributed by atoms with Crippen molar-refractivity contribution in [3.05, 3.63) is 30.1 Å². The second-order valence-corrected chi connectivity index (χ2v) is 11.0. The van der Waals surface area contributed by atoms with E-state index in [1.165, 1.54) is 0 Å². The molecule has 0 bridgehead atoms. The highest BCUT2D eigenvalue weighted by Gasteiger charge is 2.35. The Labute approximate surface area is 226 Å². The third kappa shape index (κ3) is 4.73. The van der Waals surface area contributed by atoms with E-state index in [1.54, 1.807) is 4.90 Å². The fourth-order valence-corrected chi connectivity index (χ4v) is 5.02. The molecule has 2 saturated heterocycles. The SMILES string of the molecule is CCc1nc2ccccc2n1-c1nc(N2CCOCC2)c2nc(NC3CN(C(=O)OC(C)(C)C)C3)n(C)c2n1. The molecule has 0 unspecified atom stereocenters. The lowest BCUT2D eigenvalue weighted by Crippen LogP contribution is -2.58. The number of nitrogens with zero attached hydrogens (tertiary/aromatic N) is 8. The summed E-state index contributed by atoms with van der Waals surface area (Å²) in [6.45, 7) is 11.5. The van der Waals surface area contributed by atoms with E-state index in [2.05, 4.69) is 17.1 Å². The second kappa shape index (κ2) is 9.67. The predicted molar refractivity (Wildman–Crippen MR) is 149 cm³/mol. The average molecular weight is 534 g/mol. The summed E-state index contributed by atoms with van der Waals surface area (Å²) in [6.07, 6.45) is 0.451. The molecule has 0 spiro atoms. The third-order valence-corrected chi connectivity index (χ3v) is 7.01. The first-order valence-corrected chi connectivity index (χ1v) is 13.5. The number of rotatable bonds is 5. The zero-order valence-electron chi connectivity index (χ0n) is 23.1. The third-order valence-electron chi connectivity index (χ3n) is 7.01. The van der Waals surface area contributed by atoms with Crippen LogP contribution < -0.4 is 10.2 Å². The van der Waals surface area contributed by atoms with Gasteiger partial charge in [-0.25, -0.2) is 14.8 Å². The number of ether oxygens (including phenoxy) is 2. The fraction of sp³-hybridized carbons (Fsp3) is 0.519. The standard InChI is InChI=1S/C27H35N9O3/c1-6-20-29-18-9-7-8-10-19(18)36(20)25-31-22-21(23(32-25)34-11-13-38-14-12-34)30-24(33(22)5)28-17-15-35(16-17)26(37)39-27(2,3)4/h7-10,17H,6,11-16H2,1-5H3,(H,28,30). The first-order valence-electron chi connectivity index (χ1n) is 13.5. The summed E-state index contributed by atoms with van der Waals surface area (Å²) in [6, 6.07) is 8.12. The average Bonchev–Trinajstić information content (AvgIpc) is 3.42. The maximum Gasteiger partial charge on any atom is 0.410 e. The van der Waals surface area contributed by atoms with Crippen LogP contribution >= 0.6 is 0 Å². The van der Waals surface area contributed by atoms with Crippen LogP contribution in [0.4, 0.5) is 16.6 Å². The smallest absolute Gasteiger partial charge is 0.410 e. The Morgan fingerprint density at radius 3 is 2.56 bits per heavy atom. The second-order valence-electron chi connectivity index (χ2n) is 11.0. The highest BCUT2D eigenvalue weighted by atomic mass is 16.6. The molecule has 0 radical (unpaired) electrons. The molecule has 2 fully saturated rings. The van der Waals surface area contributed by atoms with Crippen molar-refractivity contribution >= 4 is 40.1 Å². The Kier molecular flexibility index (Phi) is 6.29. The monoisotopic (exact) mass is 533 g/mol. The van der Waals surface area contributed by atoms with Gasteiger partial charge in [0.2, 0.25) is 11.9 Å². The van der Waals surface area contributed by atoms with Crippen LogP contribution in [0.15, 0.2) is 24.3 Å². The van der Waals surface area contributed by atoms with Crippen molar-refractivity contribution in [2.45, 2.75) is 45.8 Å². The number of anilines is 2. The Balaban J connectivity index is 1.37. The normalized spacial score (nSPS) is 16.6. The highest BCUT2D eigenvalue weighted by Crippen LogP contribution is 2.30. The van der Waals surface area contributed by atoms with Gasteiger partial charge in [0.25, 0.3) is 0 Å². The molecular formula is C27H35N9O3. The maximum absolute atomic E-state index is 12.4. The molecule has 2 aliphatic heterocycles. The van der Waals surface area contributed by atoms with Crippen molar-refractivity contribution in [2.75, 3.05) is 49.6 Å². The van der Waals surface area contributed by atoms with Crippen LogP contribution in [0.2, 0.25) is 0 Å². The fourth-order valence-electron chi connectivity index (χ4n) is 5.02. The number of hydrogen-bond acceptors (Lipinski definition) is 9. The molecule has 0 atom stereocenters. The van der Waals surface area contributed by atoms with Gasteiger partial charge in [-0.15, -0.1) is 0 Å². The van der Waals surface area contributed by atoms with Crippen molar-refractivity contribution in [1.82, 2.24) is 34.0 Å². The van der Waals surface area contributed by atoms with Gasteiger partial charge in [0.1, 0.15) is 11.4 Å². The number of aryl methyl sites for hydroxylation is 2. The van der Waals surface area contributed by atoms with E-state index in [0.29, 0.717) is 38.2 Å². The topological polar surface area (TPSA) is 115 Å². The Hall–Kier alpha value is -3.93. The van der Waals surface area contributed by atoms with E-state index in [9.17, 15) is 4.79 Å². The van der Waals surface area contributed by atoms with Crippen LogP contribution in [0.3, 0.4) is 0 Å². The van der Waals surface area contributed by atoms with Crippen LogP contribution in [0, 0.1) is 0 Å². The van der Waals surface area contributed by atoms with Crippen molar-refractivity contribution < 1.29 is 14.3 Å². The van der Waals surface area contributed by atoms with Crippen LogP contribution in [0.1, 0.15) is 33.5 Å². The summed E-state index contributed by atoms with van der Waals surface area (Å²) in [5, 5.41) is 3.49. The summed E-state index contributed by atoms with van der Waals surface area (Å²) in [5.74, 6) is 2.95. The summed E-state index contributed by atoms with van der Waals surface area (Å²) in [5.41, 5.74) is 2.83. The van der Waals surface area contributed by atoms with Crippen LogP contribution in [0.5, 0.6) is 0 Å². The van der Waals surface area contributed by atoms with Gasteiger partial charge in [0.15, 0.2) is 17.0 Å². The first-order chi connectivity index (χ1) is 18.7. The molecule has 2 aliphatic rings. The molecule has 206 valence electrons. The van der Waals surface area contributed by atoms with Gasteiger partial charge in [-0.3, -0.25) is 9.13 Å². The first kappa shape index (κ1) is 25.4. The quantitative estimate of drug-likeness (QED) is 0.413. The van der Waals surface area contributed by atoms with E-state index in [4.69, 9.17) is 29.4 Å². The zero-order valence-corrected chi connectivity index (χ0v) is 23.1. The largest absolute Gasteiger partial charge is 0.444 e. The number of imidazole rings is 2. The minimum atomic E-state index is -0.516. The molecule has 1 aromatic carbocycles. The molecule has 5 heterocycles. The van der Waals surface area contributed by atoms with E-state index >= 15 is 0 Å². The van der Waals surface area contributed by atoms with Gasteiger partial charge in [-0.1, -0.05) is 19.1 Å². The molecule has 39 heavy (non-hydrogen) atoms. The summed E-state index contributed by atoms with van der Waals surface area (Å²) >= 11 is 0. The lowest BCUT2D eigenvalue weighted by molar-refractivity contribution is 0.0104. The van der Waals surface area contributed by atoms with E-state index < -0.39 is 5.60 Å². The lowest BCUT2D eigenvalue weighted by Gasteiger charge is -2.40. The highest BCUT2D eigenvalue weighted by molar-refractivity contribution is 5.87. The van der Waals surface area contributed by atoms with Crippen LogP contribution in [-0.2, 0) is 22.9 Å². The Bertz CT molecular complexity index is 1530. The molecule has 0 saturated carbocycles. The zero-order chi connectivity index (χ0) is 27.3. The minimum absolute atomic E-state index is 0.0663. The molecule has 1 N–H and O–H groups in total. The number of carbonyl (C=O) groups excluding carboxylic acids is 1. The number of nitrogens with one attached hydrogen (secondary N) is 1. The van der Waals surface area contributed by atoms with Gasteiger partial charge >= 0.3 is 6.09 Å². The van der Waals surface area contributed by atoms with E-state index in [-0.39, 0.29) is 12.1 Å². The minimum Gasteiger partial charge on any atom is -0.444 e. The van der Waals surface area contributed by atoms with Crippen molar-refractivity contribution in [1.29, 1.82) is 0 Å². The Morgan fingerprint density at radius 2 is 1.85 bits per heavy atom. The summed E-state index contributed by atoms with van der Waals surface area (Å²) in [7, 11) is 1.95. The van der Waals surface area contributed by atoms with Crippen molar-refractivity contribution in [3.63, 3.8) is 0 Å². The number of likely N-dealkylation sites (tertiary alicyclic amines) is 1. The summed E-state index contributed by atoms with van der Waals surface area (Å²) < 4.78 is 15.1. The molecule has 1 amide bonds. The number of fused-ring (bicyclic) bond motifs is 2. The van der Waals surface area contributed by atoms with E-state index in [0.717, 1.165) is 53.3 Å². The number of aromatic nitrogens is 6. The number of carbonyl (C=O) groups is 1. The predicted octanol–water partition coefficient (Wildman–Crippen LogP) is 3.13. The van der Waals surface area contributed by atoms with Crippen molar-refractivity contribution in [3.8, 4) is 5.95 Å². The molecule has 4 aromatic rings.